The second-order valence-corrected chi connectivity index (χ2v) is 2.10. The van der Waals surface area contributed by atoms with Crippen molar-refractivity contribution in [2.75, 3.05) is 6.54 Å². The fourth-order valence-corrected chi connectivity index (χ4v) is 0.996. The third-order valence-electron chi connectivity index (χ3n) is 1.49. The lowest BCUT2D eigenvalue weighted by Gasteiger charge is -2.07. The molecule has 0 saturated heterocycles. The number of oxazole rings is 1. The number of nitrogens with one attached hydrogen (secondary N) is 1. The molecule has 2 heterocycles. The first-order valence-corrected chi connectivity index (χ1v) is 3.02. The summed E-state index contributed by atoms with van der Waals surface area (Å²) in [6.45, 7) is 1.83. The van der Waals surface area contributed by atoms with Gasteiger partial charge in [0, 0.05) is 19.5 Å². The zero-order chi connectivity index (χ0) is 6.10. The van der Waals surface area contributed by atoms with E-state index in [-0.39, 0.29) is 0 Å². The highest BCUT2D eigenvalue weighted by atomic mass is 16.3. The van der Waals surface area contributed by atoms with E-state index in [1.807, 2.05) is 0 Å². The van der Waals surface area contributed by atoms with Crippen LogP contribution in [-0.4, -0.2) is 11.5 Å². The molecular weight excluding hydrogens is 116 g/mol. The zero-order valence-electron chi connectivity index (χ0n) is 4.98. The van der Waals surface area contributed by atoms with Crippen molar-refractivity contribution in [3.05, 3.63) is 17.8 Å². The van der Waals surface area contributed by atoms with Crippen LogP contribution in [0.2, 0.25) is 0 Å². The van der Waals surface area contributed by atoms with Gasteiger partial charge in [0.25, 0.3) is 6.39 Å². The van der Waals surface area contributed by atoms with Crippen molar-refractivity contribution in [1.29, 1.82) is 0 Å². The Labute approximate surface area is 53.1 Å². The van der Waals surface area contributed by atoms with E-state index < -0.39 is 0 Å². The normalized spacial score (nSPS) is 17.3. The van der Waals surface area contributed by atoms with Gasteiger partial charge in [0.15, 0.2) is 0 Å². The van der Waals surface area contributed by atoms with Crippen molar-refractivity contribution in [2.45, 2.75) is 13.0 Å². The van der Waals surface area contributed by atoms with Gasteiger partial charge in [-0.3, -0.25) is 0 Å². The monoisotopic (exact) mass is 123 g/mol. The highest BCUT2D eigenvalue weighted by Gasteiger charge is 2.11. The molecule has 0 bridgehead atoms. The Kier molecular flexibility index (Phi) is 1.02. The van der Waals surface area contributed by atoms with Gasteiger partial charge < -0.3 is 9.73 Å². The van der Waals surface area contributed by atoms with Crippen LogP contribution >= 0.6 is 0 Å². The molecule has 1 radical (unpaired) electrons. The molecule has 0 fully saturated rings. The maximum atomic E-state index is 4.98. The van der Waals surface area contributed by atoms with E-state index in [4.69, 9.17) is 4.42 Å². The minimum Gasteiger partial charge on any atom is -0.437 e. The summed E-state index contributed by atoms with van der Waals surface area (Å²) in [7, 11) is 0. The van der Waals surface area contributed by atoms with Crippen LogP contribution in [0, 0.1) is 6.39 Å². The molecule has 3 heteroatoms. The zero-order valence-corrected chi connectivity index (χ0v) is 4.98. The highest BCUT2D eigenvalue weighted by molar-refractivity contribution is 5.09. The van der Waals surface area contributed by atoms with Crippen LogP contribution in [0.4, 0.5) is 0 Å². The molecule has 3 nitrogen and oxygen atoms in total. The number of hydrogen-bond donors (Lipinski definition) is 1. The highest BCUT2D eigenvalue weighted by Crippen LogP contribution is 2.09. The van der Waals surface area contributed by atoms with E-state index in [1.165, 1.54) is 0 Å². The Morgan fingerprint density at radius 1 is 1.67 bits per heavy atom. The van der Waals surface area contributed by atoms with E-state index >= 15 is 0 Å². The van der Waals surface area contributed by atoms with Crippen molar-refractivity contribution < 1.29 is 4.42 Å². The average molecular weight is 123 g/mol. The fraction of sp³-hybridized carbons (Fsp3) is 0.500. The number of rotatable bonds is 0. The Bertz CT molecular complexity index is 186. The summed E-state index contributed by atoms with van der Waals surface area (Å²) < 4.78 is 4.98. The predicted octanol–water partition coefficient (Wildman–Crippen LogP) is 0.120. The van der Waals surface area contributed by atoms with Gasteiger partial charge in [-0.05, 0) is 0 Å². The molecule has 0 aromatic carbocycles. The lowest BCUT2D eigenvalue weighted by Crippen LogP contribution is -2.22. The Balaban J connectivity index is 2.39. The predicted molar refractivity (Wildman–Crippen MR) is 30.7 cm³/mol. The van der Waals surface area contributed by atoms with Crippen molar-refractivity contribution in [2.24, 2.45) is 0 Å². The molecular formula is C6H7N2O. The van der Waals surface area contributed by atoms with Gasteiger partial charge in [-0.15, -0.1) is 0 Å². The quantitative estimate of drug-likeness (QED) is 0.532. The molecule has 0 amide bonds. The molecule has 0 unspecified atom stereocenters. The second-order valence-electron chi connectivity index (χ2n) is 2.10. The largest absolute Gasteiger partial charge is 0.437 e. The molecule has 0 saturated carbocycles. The third-order valence-corrected chi connectivity index (χ3v) is 1.49. The summed E-state index contributed by atoms with van der Waals surface area (Å²) >= 11 is 0. The first-order chi connectivity index (χ1) is 4.47. The van der Waals surface area contributed by atoms with Gasteiger partial charge in [-0.25, -0.2) is 4.98 Å². The van der Waals surface area contributed by atoms with Crippen molar-refractivity contribution in [3.8, 4) is 0 Å². The number of aromatic nitrogens is 1. The van der Waals surface area contributed by atoms with Gasteiger partial charge in [-0.1, -0.05) is 0 Å². The minimum absolute atomic E-state index is 0.836. The summed E-state index contributed by atoms with van der Waals surface area (Å²) in [5.41, 5.74) is 1.02. The van der Waals surface area contributed by atoms with Gasteiger partial charge in [0.05, 0.1) is 5.69 Å². The van der Waals surface area contributed by atoms with Crippen LogP contribution in [0.1, 0.15) is 11.5 Å². The molecule has 1 aromatic heterocycles. The van der Waals surface area contributed by atoms with Crippen LogP contribution < -0.4 is 5.32 Å². The molecule has 1 N–H and O–H groups in total. The Hall–Kier alpha value is -0.830. The van der Waals surface area contributed by atoms with Crippen molar-refractivity contribution in [1.82, 2.24) is 10.3 Å². The van der Waals surface area contributed by atoms with E-state index in [0.29, 0.717) is 0 Å². The SMILES string of the molecule is [c]1nc2c(o1)CCNC2. The maximum Gasteiger partial charge on any atom is 0.284 e. The Morgan fingerprint density at radius 3 is 3.56 bits per heavy atom. The fourth-order valence-electron chi connectivity index (χ4n) is 0.996. The molecule has 0 aliphatic carbocycles. The summed E-state index contributed by atoms with van der Waals surface area (Å²) in [4.78, 5) is 3.90. The number of nitrogens with zero attached hydrogens (tertiary/aromatic N) is 1. The van der Waals surface area contributed by atoms with E-state index in [9.17, 15) is 0 Å². The van der Waals surface area contributed by atoms with E-state index in [2.05, 4.69) is 16.7 Å². The van der Waals surface area contributed by atoms with Gasteiger partial charge >= 0.3 is 0 Å². The smallest absolute Gasteiger partial charge is 0.284 e. The van der Waals surface area contributed by atoms with Crippen LogP contribution in [0.25, 0.3) is 0 Å². The summed E-state index contributed by atoms with van der Waals surface area (Å²) in [5, 5.41) is 3.18. The number of hydrogen-bond acceptors (Lipinski definition) is 3. The first-order valence-electron chi connectivity index (χ1n) is 3.02. The molecule has 47 valence electrons. The number of fused-ring (bicyclic) bond motifs is 1. The third kappa shape index (κ3) is 0.733. The summed E-state index contributed by atoms with van der Waals surface area (Å²) in [6.07, 6.45) is 3.43. The molecule has 1 aliphatic heterocycles. The molecule has 9 heavy (non-hydrogen) atoms. The summed E-state index contributed by atoms with van der Waals surface area (Å²) in [6, 6.07) is 0. The second kappa shape index (κ2) is 1.84. The molecule has 0 atom stereocenters. The molecule has 2 rings (SSSR count). The lowest BCUT2D eigenvalue weighted by molar-refractivity contribution is 0.468. The standard InChI is InChI=1S/C6H7N2O/c1-2-7-3-5-6(1)9-4-8-5/h7H,1-3H2. The first kappa shape index (κ1) is 4.99. The minimum atomic E-state index is 0.836. The van der Waals surface area contributed by atoms with Crippen LogP contribution in [0.3, 0.4) is 0 Å². The van der Waals surface area contributed by atoms with Gasteiger partial charge in [0.2, 0.25) is 0 Å². The van der Waals surface area contributed by atoms with Crippen molar-refractivity contribution in [3.63, 3.8) is 0 Å². The van der Waals surface area contributed by atoms with E-state index in [1.54, 1.807) is 0 Å². The van der Waals surface area contributed by atoms with Gasteiger partial charge in [-0.2, -0.15) is 0 Å². The maximum absolute atomic E-state index is 4.98. The van der Waals surface area contributed by atoms with Crippen LogP contribution in [0.15, 0.2) is 4.42 Å². The van der Waals surface area contributed by atoms with Crippen molar-refractivity contribution >= 4 is 0 Å². The van der Waals surface area contributed by atoms with E-state index in [0.717, 1.165) is 31.0 Å². The molecule has 0 spiro atoms. The molecule has 1 aromatic rings. The topological polar surface area (TPSA) is 38.1 Å². The average Bonchev–Trinajstić information content (AvgIpc) is 2.33. The van der Waals surface area contributed by atoms with Crippen LogP contribution in [-0.2, 0) is 13.0 Å². The van der Waals surface area contributed by atoms with Gasteiger partial charge in [0.1, 0.15) is 5.76 Å². The Morgan fingerprint density at radius 2 is 2.67 bits per heavy atom. The lowest BCUT2D eigenvalue weighted by atomic mass is 10.2. The van der Waals surface area contributed by atoms with Crippen LogP contribution in [0.5, 0.6) is 0 Å². The summed E-state index contributed by atoms with van der Waals surface area (Å²) in [5.74, 6) is 0.994. The molecule has 1 aliphatic rings.